The van der Waals surface area contributed by atoms with Crippen LogP contribution in [-0.4, -0.2) is 79.2 Å². The number of ether oxygens (including phenoxy) is 3. The van der Waals surface area contributed by atoms with E-state index in [-0.39, 0.29) is 11.3 Å². The monoisotopic (exact) mass is 536 g/mol. The molecule has 0 spiro atoms. The van der Waals surface area contributed by atoms with Crippen molar-refractivity contribution in [3.63, 3.8) is 0 Å². The first-order valence-corrected chi connectivity index (χ1v) is 14.1. The van der Waals surface area contributed by atoms with Crippen LogP contribution in [0.15, 0.2) is 54.1 Å². The second kappa shape index (κ2) is 14.1. The fourth-order valence-corrected chi connectivity index (χ4v) is 4.94. The molecule has 0 aliphatic carbocycles. The first kappa shape index (κ1) is 28.6. The normalized spacial score (nSPS) is 19.4. The molecule has 0 bridgehead atoms. The number of aliphatic hydroxyl groups excluding tert-OH is 1. The van der Waals surface area contributed by atoms with Crippen LogP contribution in [0.2, 0.25) is 0 Å². The number of aliphatic hydroxyl groups is 1. The molecule has 4 rings (SSSR count). The highest BCUT2D eigenvalue weighted by atomic mass is 16.5. The van der Waals surface area contributed by atoms with Gasteiger partial charge in [0.15, 0.2) is 0 Å². The Morgan fingerprint density at radius 3 is 2.38 bits per heavy atom. The quantitative estimate of drug-likeness (QED) is 0.170. The van der Waals surface area contributed by atoms with E-state index in [4.69, 9.17) is 14.2 Å². The Bertz CT molecular complexity index is 1140. The molecule has 1 atom stereocenters. The molecule has 0 aromatic heterocycles. The lowest BCUT2D eigenvalue weighted by molar-refractivity contribution is -0.140. The molecule has 0 radical (unpaired) electrons. The summed E-state index contributed by atoms with van der Waals surface area (Å²) in [6.07, 6.45) is 3.55. The molecule has 2 aliphatic heterocycles. The number of morpholine rings is 1. The van der Waals surface area contributed by atoms with Crippen LogP contribution in [0.5, 0.6) is 11.5 Å². The van der Waals surface area contributed by atoms with Crippen molar-refractivity contribution in [2.24, 2.45) is 0 Å². The van der Waals surface area contributed by atoms with Gasteiger partial charge in [-0.1, -0.05) is 32.4 Å². The minimum absolute atomic E-state index is 0.0966. The van der Waals surface area contributed by atoms with Gasteiger partial charge in [0, 0.05) is 31.7 Å². The number of hydrogen-bond donors (Lipinski definition) is 1. The number of benzene rings is 2. The van der Waals surface area contributed by atoms with Gasteiger partial charge in [-0.3, -0.25) is 14.5 Å². The topological polar surface area (TPSA) is 88.5 Å². The Kier molecular flexibility index (Phi) is 10.4. The van der Waals surface area contributed by atoms with Gasteiger partial charge < -0.3 is 24.2 Å². The number of carbonyl (C=O) groups is 2. The SMILES string of the molecule is CCCCOc1cccc(C2/C(=C(\O)c3ccc(OCCC)cc3)C(=O)C(=O)N2CCCN2CCOCC2)c1. The smallest absolute Gasteiger partial charge is 0.295 e. The number of hydrogen-bond acceptors (Lipinski definition) is 7. The molecular formula is C31H40N2O6. The zero-order valence-corrected chi connectivity index (χ0v) is 23.1. The number of ketones is 1. The molecule has 1 unspecified atom stereocenters. The van der Waals surface area contributed by atoms with E-state index in [9.17, 15) is 14.7 Å². The molecule has 0 saturated carbocycles. The van der Waals surface area contributed by atoms with Crippen LogP contribution in [0.4, 0.5) is 0 Å². The van der Waals surface area contributed by atoms with Crippen LogP contribution in [0.25, 0.3) is 5.76 Å². The van der Waals surface area contributed by atoms with Crippen molar-refractivity contribution in [3.8, 4) is 11.5 Å². The fourth-order valence-electron chi connectivity index (χ4n) is 4.94. The minimum atomic E-state index is -0.708. The van der Waals surface area contributed by atoms with E-state index in [0.29, 0.717) is 56.5 Å². The van der Waals surface area contributed by atoms with E-state index in [1.807, 2.05) is 31.2 Å². The third-order valence-corrected chi connectivity index (χ3v) is 7.06. The zero-order valence-electron chi connectivity index (χ0n) is 23.1. The second-order valence-electron chi connectivity index (χ2n) is 9.95. The molecule has 2 aromatic rings. The molecule has 39 heavy (non-hydrogen) atoms. The summed E-state index contributed by atoms with van der Waals surface area (Å²) < 4.78 is 17.0. The summed E-state index contributed by atoms with van der Waals surface area (Å²) >= 11 is 0. The highest BCUT2D eigenvalue weighted by Crippen LogP contribution is 2.40. The van der Waals surface area contributed by atoms with Crippen molar-refractivity contribution >= 4 is 17.4 Å². The van der Waals surface area contributed by atoms with Gasteiger partial charge in [-0.15, -0.1) is 0 Å². The van der Waals surface area contributed by atoms with Gasteiger partial charge in [-0.25, -0.2) is 0 Å². The molecule has 2 heterocycles. The number of amides is 1. The lowest BCUT2D eigenvalue weighted by atomic mass is 9.95. The summed E-state index contributed by atoms with van der Waals surface area (Å²) in [6.45, 7) is 9.65. The number of Topliss-reactive ketones (excluding diaryl/α,β-unsaturated/α-hetero) is 1. The minimum Gasteiger partial charge on any atom is -0.507 e. The molecule has 210 valence electrons. The molecule has 2 fully saturated rings. The van der Waals surface area contributed by atoms with Crippen LogP contribution >= 0.6 is 0 Å². The number of rotatable bonds is 13. The molecule has 8 nitrogen and oxygen atoms in total. The van der Waals surface area contributed by atoms with E-state index in [0.717, 1.165) is 44.5 Å². The zero-order chi connectivity index (χ0) is 27.6. The number of unbranched alkanes of at least 4 members (excludes halogenated alkanes) is 1. The second-order valence-corrected chi connectivity index (χ2v) is 9.95. The van der Waals surface area contributed by atoms with Crippen molar-refractivity contribution in [1.82, 2.24) is 9.80 Å². The van der Waals surface area contributed by atoms with Gasteiger partial charge in [0.1, 0.15) is 17.3 Å². The predicted octanol–water partition coefficient (Wildman–Crippen LogP) is 4.80. The highest BCUT2D eigenvalue weighted by Gasteiger charge is 2.46. The Balaban J connectivity index is 1.64. The summed E-state index contributed by atoms with van der Waals surface area (Å²) in [5, 5.41) is 11.4. The van der Waals surface area contributed by atoms with E-state index < -0.39 is 17.7 Å². The summed E-state index contributed by atoms with van der Waals surface area (Å²) in [5.74, 6) is -0.0904. The summed E-state index contributed by atoms with van der Waals surface area (Å²) in [4.78, 5) is 30.6. The van der Waals surface area contributed by atoms with Crippen molar-refractivity contribution in [1.29, 1.82) is 0 Å². The molecule has 2 saturated heterocycles. The molecule has 2 aromatic carbocycles. The van der Waals surface area contributed by atoms with Gasteiger partial charge >= 0.3 is 0 Å². The van der Waals surface area contributed by atoms with Crippen molar-refractivity contribution in [2.45, 2.75) is 45.6 Å². The average molecular weight is 537 g/mol. The maximum absolute atomic E-state index is 13.4. The molecule has 8 heteroatoms. The van der Waals surface area contributed by atoms with Gasteiger partial charge in [0.25, 0.3) is 11.7 Å². The first-order chi connectivity index (χ1) is 19.0. The molecule has 1 amide bonds. The molecule has 1 N–H and O–H groups in total. The van der Waals surface area contributed by atoms with Gasteiger partial charge in [0.05, 0.1) is 38.0 Å². The fraction of sp³-hybridized carbons (Fsp3) is 0.484. The third-order valence-electron chi connectivity index (χ3n) is 7.06. The van der Waals surface area contributed by atoms with E-state index in [1.54, 1.807) is 29.2 Å². The van der Waals surface area contributed by atoms with E-state index in [2.05, 4.69) is 11.8 Å². The van der Waals surface area contributed by atoms with E-state index in [1.165, 1.54) is 0 Å². The molecular weight excluding hydrogens is 496 g/mol. The van der Waals surface area contributed by atoms with E-state index >= 15 is 0 Å². The Hall–Kier alpha value is -3.36. The number of likely N-dealkylation sites (tertiary alicyclic amines) is 1. The maximum Gasteiger partial charge on any atom is 0.295 e. The summed E-state index contributed by atoms with van der Waals surface area (Å²) in [7, 11) is 0. The van der Waals surface area contributed by atoms with Crippen molar-refractivity contribution < 1.29 is 28.9 Å². The van der Waals surface area contributed by atoms with Gasteiger partial charge in [0.2, 0.25) is 0 Å². The average Bonchev–Trinajstić information content (AvgIpc) is 3.22. The number of nitrogens with zero attached hydrogens (tertiary/aromatic N) is 2. The Morgan fingerprint density at radius 2 is 1.67 bits per heavy atom. The van der Waals surface area contributed by atoms with Crippen LogP contribution in [0.1, 0.15) is 56.7 Å². The van der Waals surface area contributed by atoms with Crippen molar-refractivity contribution in [2.75, 3.05) is 52.6 Å². The lowest BCUT2D eigenvalue weighted by Crippen LogP contribution is -2.38. The lowest BCUT2D eigenvalue weighted by Gasteiger charge is -2.29. The van der Waals surface area contributed by atoms with Crippen LogP contribution < -0.4 is 9.47 Å². The predicted molar refractivity (Wildman–Crippen MR) is 150 cm³/mol. The van der Waals surface area contributed by atoms with Crippen molar-refractivity contribution in [3.05, 3.63) is 65.2 Å². The molecule has 2 aliphatic rings. The van der Waals surface area contributed by atoms with Gasteiger partial charge in [-0.2, -0.15) is 0 Å². The van der Waals surface area contributed by atoms with Crippen LogP contribution in [0.3, 0.4) is 0 Å². The van der Waals surface area contributed by atoms with Crippen LogP contribution in [-0.2, 0) is 14.3 Å². The summed E-state index contributed by atoms with van der Waals surface area (Å²) in [6, 6.07) is 13.7. The largest absolute Gasteiger partial charge is 0.507 e. The van der Waals surface area contributed by atoms with Crippen LogP contribution in [0, 0.1) is 0 Å². The highest BCUT2D eigenvalue weighted by molar-refractivity contribution is 6.46. The Morgan fingerprint density at radius 1 is 0.923 bits per heavy atom. The maximum atomic E-state index is 13.4. The third kappa shape index (κ3) is 7.19. The standard InChI is InChI=1S/C31H40N2O6/c1-3-5-19-39-26-9-6-8-24(22-26)28-27(29(34)23-10-12-25(13-11-23)38-18-4-2)30(35)31(36)33(28)15-7-14-32-16-20-37-21-17-32/h6,8-13,22,28,34H,3-5,7,14-21H2,1-2H3/b29-27+. The van der Waals surface area contributed by atoms with Gasteiger partial charge in [-0.05, 0) is 61.2 Å². The first-order valence-electron chi connectivity index (χ1n) is 14.1. The number of carbonyl (C=O) groups excluding carboxylic acids is 2. The Labute approximate surface area is 231 Å². The summed E-state index contributed by atoms with van der Waals surface area (Å²) in [5.41, 5.74) is 1.30.